The van der Waals surface area contributed by atoms with E-state index < -0.39 is 21.9 Å². The van der Waals surface area contributed by atoms with E-state index in [0.717, 1.165) is 0 Å². The van der Waals surface area contributed by atoms with Crippen molar-refractivity contribution in [1.82, 2.24) is 0 Å². The van der Waals surface area contributed by atoms with Gasteiger partial charge in [0.25, 0.3) is 12.1 Å². The number of ether oxygens (including phenoxy) is 1. The molecular formula is C16H16N2O5. The van der Waals surface area contributed by atoms with Crippen molar-refractivity contribution >= 4 is 0 Å². The fourth-order valence-corrected chi connectivity index (χ4v) is 2.20. The van der Waals surface area contributed by atoms with Crippen LogP contribution in [-0.4, -0.2) is 23.1 Å². The van der Waals surface area contributed by atoms with E-state index in [-0.39, 0.29) is 13.2 Å². The summed E-state index contributed by atoms with van der Waals surface area (Å²) in [4.78, 5) is 21.5. The van der Waals surface area contributed by atoms with Crippen LogP contribution in [0.5, 0.6) is 0 Å². The van der Waals surface area contributed by atoms with Gasteiger partial charge in [0.05, 0.1) is 0 Å². The van der Waals surface area contributed by atoms with Gasteiger partial charge < -0.3 is 4.74 Å². The first-order chi connectivity index (χ1) is 11.1. The molecule has 2 aromatic carbocycles. The lowest BCUT2D eigenvalue weighted by Crippen LogP contribution is -2.22. The normalized spacial score (nSPS) is 13.2. The Morgan fingerprint density at radius 1 is 0.739 bits per heavy atom. The molecule has 0 saturated heterocycles. The molecular weight excluding hydrogens is 300 g/mol. The molecule has 0 bridgehead atoms. The largest absolute Gasteiger partial charge is 0.366 e. The van der Waals surface area contributed by atoms with Crippen LogP contribution in [0.3, 0.4) is 0 Å². The third kappa shape index (κ3) is 4.58. The number of benzene rings is 2. The van der Waals surface area contributed by atoms with Crippen molar-refractivity contribution < 1.29 is 14.6 Å². The lowest BCUT2D eigenvalue weighted by Gasteiger charge is -2.13. The van der Waals surface area contributed by atoms with Crippen LogP contribution in [0.2, 0.25) is 0 Å². The van der Waals surface area contributed by atoms with Gasteiger partial charge in [0.2, 0.25) is 0 Å². The molecule has 0 saturated carbocycles. The van der Waals surface area contributed by atoms with E-state index in [1.807, 2.05) is 0 Å². The van der Waals surface area contributed by atoms with E-state index in [1.165, 1.54) is 0 Å². The van der Waals surface area contributed by atoms with Gasteiger partial charge in [0.1, 0.15) is 13.2 Å². The zero-order valence-electron chi connectivity index (χ0n) is 12.3. The second-order valence-corrected chi connectivity index (χ2v) is 4.96. The van der Waals surface area contributed by atoms with Crippen LogP contribution < -0.4 is 0 Å². The molecule has 7 nitrogen and oxygen atoms in total. The minimum absolute atomic E-state index is 0.214. The molecule has 120 valence electrons. The molecule has 0 amide bonds. The second-order valence-electron chi connectivity index (χ2n) is 4.96. The number of rotatable bonds is 8. The fraction of sp³-hybridized carbons (Fsp3) is 0.250. The van der Waals surface area contributed by atoms with Crippen LogP contribution in [0.25, 0.3) is 0 Å². The highest BCUT2D eigenvalue weighted by Gasteiger charge is 2.27. The predicted molar refractivity (Wildman–Crippen MR) is 83.2 cm³/mol. The van der Waals surface area contributed by atoms with Gasteiger partial charge in [-0.15, -0.1) is 0 Å². The van der Waals surface area contributed by atoms with Crippen molar-refractivity contribution in [1.29, 1.82) is 0 Å². The van der Waals surface area contributed by atoms with Crippen LogP contribution in [0.15, 0.2) is 60.7 Å². The van der Waals surface area contributed by atoms with Crippen molar-refractivity contribution in [2.75, 3.05) is 13.2 Å². The SMILES string of the molecule is O=[N+]([O-])C(COCC(c1ccccc1)[N+](=O)[O-])c1ccccc1. The van der Waals surface area contributed by atoms with E-state index in [2.05, 4.69) is 0 Å². The zero-order valence-corrected chi connectivity index (χ0v) is 12.3. The summed E-state index contributed by atoms with van der Waals surface area (Å²) in [6.45, 7) is -0.428. The first-order valence-corrected chi connectivity index (χ1v) is 7.04. The molecule has 0 fully saturated rings. The molecule has 0 aliphatic rings. The van der Waals surface area contributed by atoms with E-state index in [9.17, 15) is 20.2 Å². The minimum Gasteiger partial charge on any atom is -0.366 e. The van der Waals surface area contributed by atoms with E-state index >= 15 is 0 Å². The van der Waals surface area contributed by atoms with Gasteiger partial charge in [-0.2, -0.15) is 0 Å². The smallest absolute Gasteiger partial charge is 0.261 e. The van der Waals surface area contributed by atoms with Crippen LogP contribution in [0.4, 0.5) is 0 Å². The predicted octanol–water partition coefficient (Wildman–Crippen LogP) is 3.04. The van der Waals surface area contributed by atoms with Crippen molar-refractivity contribution in [3.8, 4) is 0 Å². The molecule has 0 aromatic heterocycles. The Labute approximate surface area is 132 Å². The maximum absolute atomic E-state index is 11.2. The average Bonchev–Trinajstić information content (AvgIpc) is 2.56. The van der Waals surface area contributed by atoms with Crippen molar-refractivity contribution in [3.05, 3.63) is 92.0 Å². The molecule has 23 heavy (non-hydrogen) atoms. The standard InChI is InChI=1S/C16H16N2O5/c19-17(20)15(13-7-3-1-4-8-13)11-23-12-16(18(21)22)14-9-5-2-6-10-14/h1-10,15-16H,11-12H2. The summed E-state index contributed by atoms with van der Waals surface area (Å²) in [7, 11) is 0. The van der Waals surface area contributed by atoms with Crippen LogP contribution in [-0.2, 0) is 4.74 Å². The summed E-state index contributed by atoms with van der Waals surface area (Å²) < 4.78 is 5.31. The number of nitrogens with zero attached hydrogens (tertiary/aromatic N) is 2. The summed E-state index contributed by atoms with van der Waals surface area (Å²) in [6.07, 6.45) is 0. The lowest BCUT2D eigenvalue weighted by molar-refractivity contribution is -0.544. The van der Waals surface area contributed by atoms with Gasteiger partial charge in [0.15, 0.2) is 0 Å². The van der Waals surface area contributed by atoms with Crippen molar-refractivity contribution in [2.24, 2.45) is 0 Å². The Morgan fingerprint density at radius 3 is 1.39 bits per heavy atom. The zero-order chi connectivity index (χ0) is 16.7. The Balaban J connectivity index is 2.01. The fourth-order valence-electron chi connectivity index (χ4n) is 2.20. The van der Waals surface area contributed by atoms with Gasteiger partial charge in [-0.3, -0.25) is 20.2 Å². The molecule has 0 heterocycles. The molecule has 0 aliphatic heterocycles. The summed E-state index contributed by atoms with van der Waals surface area (Å²) in [5, 5.41) is 22.3. The average molecular weight is 316 g/mol. The monoisotopic (exact) mass is 316 g/mol. The molecule has 0 aliphatic carbocycles. The Kier molecular flexibility index (Phi) is 5.76. The van der Waals surface area contributed by atoms with E-state index in [1.54, 1.807) is 60.7 Å². The molecule has 0 radical (unpaired) electrons. The molecule has 0 spiro atoms. The topological polar surface area (TPSA) is 95.5 Å². The van der Waals surface area contributed by atoms with Gasteiger partial charge in [-0.05, 0) is 0 Å². The Morgan fingerprint density at radius 2 is 1.09 bits per heavy atom. The van der Waals surface area contributed by atoms with Gasteiger partial charge in [-0.25, -0.2) is 0 Å². The van der Waals surface area contributed by atoms with Crippen molar-refractivity contribution in [3.63, 3.8) is 0 Å². The Hall–Kier alpha value is -2.80. The molecule has 2 atom stereocenters. The molecule has 2 aromatic rings. The number of hydrogen-bond donors (Lipinski definition) is 0. The van der Waals surface area contributed by atoms with Crippen LogP contribution >= 0.6 is 0 Å². The van der Waals surface area contributed by atoms with Crippen molar-refractivity contribution in [2.45, 2.75) is 12.1 Å². The van der Waals surface area contributed by atoms with Gasteiger partial charge >= 0.3 is 0 Å². The maximum atomic E-state index is 11.2. The first kappa shape index (κ1) is 16.6. The molecule has 7 heteroatoms. The highest BCUT2D eigenvalue weighted by Crippen LogP contribution is 2.20. The highest BCUT2D eigenvalue weighted by molar-refractivity contribution is 5.18. The first-order valence-electron chi connectivity index (χ1n) is 7.04. The third-order valence-corrected chi connectivity index (χ3v) is 3.43. The Bertz CT molecular complexity index is 591. The van der Waals surface area contributed by atoms with Crippen LogP contribution in [0, 0.1) is 20.2 Å². The van der Waals surface area contributed by atoms with E-state index in [0.29, 0.717) is 11.1 Å². The molecule has 2 unspecified atom stereocenters. The van der Waals surface area contributed by atoms with Gasteiger partial charge in [-0.1, -0.05) is 60.7 Å². The summed E-state index contributed by atoms with van der Waals surface area (Å²) in [5.41, 5.74) is 1.02. The molecule has 0 N–H and O–H groups in total. The second kappa shape index (κ2) is 8.00. The van der Waals surface area contributed by atoms with E-state index in [4.69, 9.17) is 4.74 Å². The third-order valence-electron chi connectivity index (χ3n) is 3.43. The number of nitro groups is 2. The quantitative estimate of drug-likeness (QED) is 0.551. The lowest BCUT2D eigenvalue weighted by atomic mass is 10.1. The minimum atomic E-state index is -1.04. The summed E-state index contributed by atoms with van der Waals surface area (Å²) in [5.74, 6) is 0. The van der Waals surface area contributed by atoms with Gasteiger partial charge in [0, 0.05) is 21.0 Å². The highest BCUT2D eigenvalue weighted by atomic mass is 16.6. The molecule has 2 rings (SSSR count). The summed E-state index contributed by atoms with van der Waals surface area (Å²) in [6, 6.07) is 14.8. The maximum Gasteiger partial charge on any atom is 0.261 e. The number of hydrogen-bond acceptors (Lipinski definition) is 5. The van der Waals surface area contributed by atoms with Crippen LogP contribution in [0.1, 0.15) is 23.2 Å². The summed E-state index contributed by atoms with van der Waals surface area (Å²) >= 11 is 0.